The van der Waals surface area contributed by atoms with Crippen LogP contribution in [0.4, 0.5) is 18.9 Å². The molecule has 0 saturated carbocycles. The fourth-order valence-corrected chi connectivity index (χ4v) is 1.65. The molecule has 0 atom stereocenters. The summed E-state index contributed by atoms with van der Waals surface area (Å²) in [5, 5.41) is 2.55. The number of furan rings is 1. The molecule has 0 spiro atoms. The largest absolute Gasteiger partial charge is 0.452 e. The molecule has 17 heavy (non-hydrogen) atoms. The highest BCUT2D eigenvalue weighted by Gasteiger charge is 2.11. The Morgan fingerprint density at radius 3 is 2.59 bits per heavy atom. The van der Waals surface area contributed by atoms with E-state index in [1.54, 1.807) is 12.1 Å². The topological polar surface area (TPSA) is 25.2 Å². The van der Waals surface area contributed by atoms with Gasteiger partial charge in [0, 0.05) is 12.1 Å². The summed E-state index contributed by atoms with van der Waals surface area (Å²) in [5.74, 6) is -2.67. The van der Waals surface area contributed by atoms with E-state index < -0.39 is 17.5 Å². The van der Waals surface area contributed by atoms with Gasteiger partial charge < -0.3 is 9.73 Å². The first-order chi connectivity index (χ1) is 8.06. The van der Waals surface area contributed by atoms with Crippen molar-refractivity contribution in [3.63, 3.8) is 0 Å². The summed E-state index contributed by atoms with van der Waals surface area (Å²) >= 11 is 3.11. The molecule has 2 rings (SSSR count). The predicted octanol–water partition coefficient (Wildman–Crippen LogP) is 4.07. The second kappa shape index (κ2) is 4.83. The molecule has 0 saturated heterocycles. The van der Waals surface area contributed by atoms with Crippen molar-refractivity contribution in [3.05, 3.63) is 52.1 Å². The Morgan fingerprint density at radius 1 is 1.18 bits per heavy atom. The maximum atomic E-state index is 13.2. The van der Waals surface area contributed by atoms with Crippen LogP contribution in [0.15, 0.2) is 33.4 Å². The van der Waals surface area contributed by atoms with Crippen molar-refractivity contribution in [3.8, 4) is 0 Å². The van der Waals surface area contributed by atoms with E-state index in [1.807, 2.05) is 0 Å². The summed E-state index contributed by atoms with van der Waals surface area (Å²) in [7, 11) is 0. The lowest BCUT2D eigenvalue weighted by molar-refractivity contribution is 0.487. The van der Waals surface area contributed by atoms with E-state index in [-0.39, 0.29) is 12.2 Å². The minimum absolute atomic E-state index is 0.130. The average molecular weight is 306 g/mol. The Morgan fingerprint density at radius 2 is 1.94 bits per heavy atom. The van der Waals surface area contributed by atoms with Gasteiger partial charge in [0.2, 0.25) is 0 Å². The predicted molar refractivity (Wildman–Crippen MR) is 60.1 cm³/mol. The second-order valence-corrected chi connectivity index (χ2v) is 4.09. The number of hydrogen-bond acceptors (Lipinski definition) is 2. The second-order valence-electron chi connectivity index (χ2n) is 3.31. The molecule has 0 fully saturated rings. The Kier molecular flexibility index (Phi) is 3.42. The number of rotatable bonds is 3. The Bertz CT molecular complexity index is 542. The van der Waals surface area contributed by atoms with Crippen LogP contribution in [0.2, 0.25) is 0 Å². The molecule has 0 aliphatic rings. The van der Waals surface area contributed by atoms with E-state index >= 15 is 0 Å². The highest BCUT2D eigenvalue weighted by Crippen LogP contribution is 2.21. The zero-order valence-electron chi connectivity index (χ0n) is 8.44. The lowest BCUT2D eigenvalue weighted by atomic mass is 10.2. The Hall–Kier alpha value is -1.43. The van der Waals surface area contributed by atoms with E-state index in [0.29, 0.717) is 16.5 Å². The van der Waals surface area contributed by atoms with Gasteiger partial charge in [0.1, 0.15) is 11.6 Å². The van der Waals surface area contributed by atoms with Crippen molar-refractivity contribution in [1.82, 2.24) is 0 Å². The van der Waals surface area contributed by atoms with E-state index in [9.17, 15) is 13.2 Å². The molecule has 0 aliphatic heterocycles. The fraction of sp³-hybridized carbons (Fsp3) is 0.0909. The summed E-state index contributed by atoms with van der Waals surface area (Å²) in [6, 6.07) is 4.70. The monoisotopic (exact) mass is 305 g/mol. The molecular formula is C11H7BrF3NO. The van der Waals surface area contributed by atoms with Crippen LogP contribution in [0.1, 0.15) is 5.76 Å². The summed E-state index contributed by atoms with van der Waals surface area (Å²) in [4.78, 5) is 0. The molecule has 1 N–H and O–H groups in total. The molecule has 2 aromatic rings. The highest BCUT2D eigenvalue weighted by atomic mass is 79.9. The van der Waals surface area contributed by atoms with Gasteiger partial charge in [-0.25, -0.2) is 13.2 Å². The van der Waals surface area contributed by atoms with Crippen LogP contribution >= 0.6 is 15.9 Å². The summed E-state index contributed by atoms with van der Waals surface area (Å²) in [6.07, 6.45) is 0. The summed E-state index contributed by atoms with van der Waals surface area (Å²) in [5.41, 5.74) is -0.241. The maximum absolute atomic E-state index is 13.2. The van der Waals surface area contributed by atoms with E-state index in [4.69, 9.17) is 4.42 Å². The summed E-state index contributed by atoms with van der Waals surface area (Å²) in [6.45, 7) is 0.130. The van der Waals surface area contributed by atoms with Crippen LogP contribution in [-0.2, 0) is 6.54 Å². The lowest BCUT2D eigenvalue weighted by Gasteiger charge is -2.06. The molecular weight excluding hydrogens is 299 g/mol. The van der Waals surface area contributed by atoms with E-state index in [0.717, 1.165) is 6.07 Å². The first kappa shape index (κ1) is 12.0. The molecule has 6 heteroatoms. The number of nitrogens with one attached hydrogen (secondary N) is 1. The van der Waals surface area contributed by atoms with Gasteiger partial charge in [0.05, 0.1) is 12.2 Å². The molecule has 0 unspecified atom stereocenters. The van der Waals surface area contributed by atoms with Gasteiger partial charge in [-0.3, -0.25) is 0 Å². The number of halogens is 4. The van der Waals surface area contributed by atoms with Crippen LogP contribution in [0.3, 0.4) is 0 Å². The van der Waals surface area contributed by atoms with Gasteiger partial charge in [-0.2, -0.15) is 0 Å². The van der Waals surface area contributed by atoms with Gasteiger partial charge in [-0.15, -0.1) is 0 Å². The Balaban J connectivity index is 2.14. The molecule has 90 valence electrons. The van der Waals surface area contributed by atoms with E-state index in [2.05, 4.69) is 21.2 Å². The molecule has 1 aromatic carbocycles. The molecule has 0 aliphatic carbocycles. The molecule has 1 aromatic heterocycles. The van der Waals surface area contributed by atoms with Gasteiger partial charge in [-0.05, 0) is 28.1 Å². The molecule has 0 amide bonds. The average Bonchev–Trinajstić information content (AvgIpc) is 2.67. The first-order valence-electron chi connectivity index (χ1n) is 4.69. The van der Waals surface area contributed by atoms with Crippen molar-refractivity contribution < 1.29 is 17.6 Å². The number of hydrogen-bond donors (Lipinski definition) is 1. The third-order valence-electron chi connectivity index (χ3n) is 2.07. The zero-order valence-corrected chi connectivity index (χ0v) is 10.0. The smallest absolute Gasteiger partial charge is 0.182 e. The van der Waals surface area contributed by atoms with Crippen LogP contribution in [0, 0.1) is 17.5 Å². The molecule has 0 bridgehead atoms. The fourth-order valence-electron chi connectivity index (χ4n) is 1.31. The van der Waals surface area contributed by atoms with Crippen molar-refractivity contribution >= 4 is 21.6 Å². The number of benzene rings is 1. The SMILES string of the molecule is Fc1cc(F)c(F)c(NCc2ccc(Br)o2)c1. The zero-order chi connectivity index (χ0) is 12.4. The maximum Gasteiger partial charge on any atom is 0.182 e. The van der Waals surface area contributed by atoms with E-state index in [1.165, 1.54) is 0 Å². The third kappa shape index (κ3) is 2.82. The number of anilines is 1. The van der Waals surface area contributed by atoms with Crippen molar-refractivity contribution in [1.29, 1.82) is 0 Å². The molecule has 0 radical (unpaired) electrons. The van der Waals surface area contributed by atoms with Crippen molar-refractivity contribution in [2.75, 3.05) is 5.32 Å². The van der Waals surface area contributed by atoms with Crippen LogP contribution in [0.5, 0.6) is 0 Å². The highest BCUT2D eigenvalue weighted by molar-refractivity contribution is 9.10. The van der Waals surface area contributed by atoms with Gasteiger partial charge in [0.25, 0.3) is 0 Å². The molecule has 2 nitrogen and oxygen atoms in total. The van der Waals surface area contributed by atoms with Crippen molar-refractivity contribution in [2.24, 2.45) is 0 Å². The molecule has 1 heterocycles. The van der Waals surface area contributed by atoms with Crippen molar-refractivity contribution in [2.45, 2.75) is 6.54 Å². The van der Waals surface area contributed by atoms with Gasteiger partial charge >= 0.3 is 0 Å². The minimum atomic E-state index is -1.23. The first-order valence-corrected chi connectivity index (χ1v) is 5.48. The normalized spacial score (nSPS) is 10.6. The third-order valence-corrected chi connectivity index (χ3v) is 2.50. The van der Waals surface area contributed by atoms with Gasteiger partial charge in [0.15, 0.2) is 16.3 Å². The van der Waals surface area contributed by atoms with Crippen LogP contribution in [-0.4, -0.2) is 0 Å². The quantitative estimate of drug-likeness (QED) is 0.865. The minimum Gasteiger partial charge on any atom is -0.452 e. The van der Waals surface area contributed by atoms with Crippen LogP contribution < -0.4 is 5.32 Å². The standard InChI is InChI=1S/C11H7BrF3NO/c12-10-2-1-7(17-10)5-16-9-4-6(13)3-8(14)11(9)15/h1-4,16H,5H2. The van der Waals surface area contributed by atoms with Gasteiger partial charge in [-0.1, -0.05) is 0 Å². The van der Waals surface area contributed by atoms with Crippen LogP contribution in [0.25, 0.3) is 0 Å². The Labute approximate surface area is 104 Å². The summed E-state index contributed by atoms with van der Waals surface area (Å²) < 4.78 is 44.7. The lowest BCUT2D eigenvalue weighted by Crippen LogP contribution is -2.02.